The molecule has 0 radical (unpaired) electrons. The Balaban J connectivity index is 0.00000280. The topological polar surface area (TPSA) is 38.3 Å². The number of rotatable bonds is 9. The van der Waals surface area contributed by atoms with Gasteiger partial charge in [-0.3, -0.25) is 4.79 Å². The molecule has 1 aliphatic rings. The average Bonchev–Trinajstić information content (AvgIpc) is 2.95. The summed E-state index contributed by atoms with van der Waals surface area (Å²) in [6.07, 6.45) is 4.27. The van der Waals surface area contributed by atoms with E-state index in [1.165, 1.54) is 5.56 Å². The average molecular weight is 422 g/mol. The number of fused-ring (bicyclic) bond motifs is 1. The van der Waals surface area contributed by atoms with Gasteiger partial charge >= 0.3 is 0 Å². The fourth-order valence-corrected chi connectivity index (χ4v) is 3.74. The highest BCUT2D eigenvalue weighted by Crippen LogP contribution is 2.35. The van der Waals surface area contributed by atoms with E-state index in [9.17, 15) is 4.79 Å². The number of nitrogens with one attached hydrogen (secondary N) is 1. The van der Waals surface area contributed by atoms with Crippen LogP contribution in [0.5, 0.6) is 5.75 Å². The number of halogens is 2. The van der Waals surface area contributed by atoms with Crippen molar-refractivity contribution in [3.63, 3.8) is 0 Å². The predicted octanol–water partition coefficient (Wildman–Crippen LogP) is 5.66. The number of carbonyl (C=O) groups excluding carboxylic acids is 1. The number of hydrogen-bond acceptors (Lipinski definition) is 3. The minimum Gasteiger partial charge on any atom is -0.487 e. The molecule has 28 heavy (non-hydrogen) atoms. The summed E-state index contributed by atoms with van der Waals surface area (Å²) in [5.74, 6) is 1.14. The fraction of sp³-hybridized carbons (Fsp3) is 0.435. The minimum absolute atomic E-state index is 0. The third-order valence-corrected chi connectivity index (χ3v) is 5.29. The Morgan fingerprint density at radius 2 is 1.93 bits per heavy atom. The van der Waals surface area contributed by atoms with Crippen molar-refractivity contribution in [1.82, 2.24) is 5.32 Å². The lowest BCUT2D eigenvalue weighted by Gasteiger charge is -2.16. The van der Waals surface area contributed by atoms with Crippen LogP contribution in [-0.2, 0) is 12.8 Å². The van der Waals surface area contributed by atoms with Crippen molar-refractivity contribution in [3.05, 3.63) is 64.2 Å². The quantitative estimate of drug-likeness (QED) is 0.419. The lowest BCUT2D eigenvalue weighted by molar-refractivity contribution is 0.0979. The summed E-state index contributed by atoms with van der Waals surface area (Å²) in [4.78, 5) is 12.4. The molecule has 1 aliphatic heterocycles. The second-order valence-electron chi connectivity index (χ2n) is 7.83. The number of ether oxygens (including phenoxy) is 1. The van der Waals surface area contributed by atoms with Gasteiger partial charge in [-0.05, 0) is 81.6 Å². The lowest BCUT2D eigenvalue weighted by atomic mass is 9.98. The number of ketones is 1. The molecule has 0 saturated carbocycles. The number of unbranched alkanes of at least 4 members (excludes halogenated alkanes) is 1. The molecule has 3 rings (SSSR count). The van der Waals surface area contributed by atoms with Gasteiger partial charge in [0.25, 0.3) is 0 Å². The maximum absolute atomic E-state index is 12.4. The largest absolute Gasteiger partial charge is 0.487 e. The van der Waals surface area contributed by atoms with E-state index in [4.69, 9.17) is 16.3 Å². The predicted molar refractivity (Wildman–Crippen MR) is 118 cm³/mol. The highest BCUT2D eigenvalue weighted by atomic mass is 35.5. The molecule has 2 aromatic rings. The first-order valence-electron chi connectivity index (χ1n) is 9.74. The Bertz CT molecular complexity index is 805. The highest BCUT2D eigenvalue weighted by molar-refractivity contribution is 6.31. The Morgan fingerprint density at radius 3 is 2.71 bits per heavy atom. The maximum Gasteiger partial charge on any atom is 0.162 e. The molecule has 0 unspecified atom stereocenters. The second-order valence-corrected chi connectivity index (χ2v) is 8.24. The van der Waals surface area contributed by atoms with Crippen LogP contribution in [-0.4, -0.2) is 24.5 Å². The summed E-state index contributed by atoms with van der Waals surface area (Å²) in [6, 6.07) is 13.8. The molecule has 0 amide bonds. The number of carbonyl (C=O) groups is 1. The van der Waals surface area contributed by atoms with Gasteiger partial charge in [-0.2, -0.15) is 0 Å². The molecular weight excluding hydrogens is 393 g/mol. The Morgan fingerprint density at radius 1 is 1.14 bits per heavy atom. The molecule has 0 spiro atoms. The molecule has 5 heteroatoms. The van der Waals surface area contributed by atoms with Crippen molar-refractivity contribution in [2.75, 3.05) is 13.1 Å². The van der Waals surface area contributed by atoms with Crippen molar-refractivity contribution in [1.29, 1.82) is 0 Å². The van der Waals surface area contributed by atoms with Crippen molar-refractivity contribution in [2.24, 2.45) is 0 Å². The molecule has 1 heterocycles. The van der Waals surface area contributed by atoms with Gasteiger partial charge < -0.3 is 10.1 Å². The Labute approximate surface area is 179 Å². The summed E-state index contributed by atoms with van der Waals surface area (Å²) < 4.78 is 5.88. The van der Waals surface area contributed by atoms with E-state index in [-0.39, 0.29) is 23.8 Å². The molecule has 1 N–H and O–H groups in total. The van der Waals surface area contributed by atoms with Crippen LogP contribution in [0.3, 0.4) is 0 Å². The first kappa shape index (κ1) is 22.7. The van der Waals surface area contributed by atoms with Crippen LogP contribution in [0, 0.1) is 0 Å². The van der Waals surface area contributed by atoms with Gasteiger partial charge in [-0.1, -0.05) is 29.8 Å². The van der Waals surface area contributed by atoms with Crippen molar-refractivity contribution >= 4 is 29.8 Å². The first-order chi connectivity index (χ1) is 12.9. The summed E-state index contributed by atoms with van der Waals surface area (Å²) >= 11 is 6.16. The summed E-state index contributed by atoms with van der Waals surface area (Å²) in [6.45, 7) is 5.97. The zero-order valence-electron chi connectivity index (χ0n) is 16.6. The monoisotopic (exact) mass is 421 g/mol. The molecular formula is C23H29Cl2NO2. The van der Waals surface area contributed by atoms with Crippen LogP contribution in [0.4, 0.5) is 0 Å². The molecule has 0 fully saturated rings. The molecule has 152 valence electrons. The zero-order valence-corrected chi connectivity index (χ0v) is 18.2. The summed E-state index contributed by atoms with van der Waals surface area (Å²) in [5, 5.41) is 4.26. The van der Waals surface area contributed by atoms with Gasteiger partial charge in [0.2, 0.25) is 0 Å². The normalized spacial score (nSPS) is 14.1. The Kier molecular flexibility index (Phi) is 8.36. The van der Waals surface area contributed by atoms with E-state index in [2.05, 4.69) is 25.2 Å². The van der Waals surface area contributed by atoms with E-state index in [0.717, 1.165) is 60.7 Å². The maximum atomic E-state index is 12.4. The molecule has 0 atom stereocenters. The molecule has 0 bridgehead atoms. The van der Waals surface area contributed by atoms with Gasteiger partial charge in [0, 0.05) is 23.4 Å². The van der Waals surface area contributed by atoms with Crippen molar-refractivity contribution in [3.8, 4) is 5.75 Å². The van der Waals surface area contributed by atoms with Gasteiger partial charge in [0.15, 0.2) is 5.78 Å². The van der Waals surface area contributed by atoms with Crippen LogP contribution in [0.2, 0.25) is 5.02 Å². The zero-order chi connectivity index (χ0) is 19.3. The molecule has 0 aliphatic carbocycles. The number of hydrogen-bond donors (Lipinski definition) is 1. The fourth-order valence-electron chi connectivity index (χ4n) is 3.51. The van der Waals surface area contributed by atoms with Gasteiger partial charge in [-0.15, -0.1) is 12.4 Å². The lowest BCUT2D eigenvalue weighted by Crippen LogP contribution is -2.24. The smallest absolute Gasteiger partial charge is 0.162 e. The molecule has 0 aromatic heterocycles. The third kappa shape index (κ3) is 6.23. The van der Waals surface area contributed by atoms with E-state index >= 15 is 0 Å². The SMILES string of the molecule is CC1(C)Cc2cc(C(=O)CCCCNCCc3ccccc3Cl)ccc2O1.Cl. The third-order valence-electron chi connectivity index (χ3n) is 4.92. The van der Waals surface area contributed by atoms with Crippen LogP contribution < -0.4 is 10.1 Å². The number of Topliss-reactive ketones (excluding diaryl/α,β-unsaturated/α-hetero) is 1. The van der Waals surface area contributed by atoms with E-state index < -0.39 is 0 Å². The minimum atomic E-state index is -0.167. The first-order valence-corrected chi connectivity index (χ1v) is 10.1. The van der Waals surface area contributed by atoms with Gasteiger partial charge in [-0.25, -0.2) is 0 Å². The van der Waals surface area contributed by atoms with E-state index in [1.807, 2.05) is 36.4 Å². The van der Waals surface area contributed by atoms with E-state index in [0.29, 0.717) is 6.42 Å². The summed E-state index contributed by atoms with van der Waals surface area (Å²) in [5.41, 5.74) is 2.96. The van der Waals surface area contributed by atoms with Crippen molar-refractivity contribution < 1.29 is 9.53 Å². The molecule has 0 saturated heterocycles. The number of benzene rings is 2. The van der Waals surface area contributed by atoms with Crippen LogP contribution in [0.25, 0.3) is 0 Å². The standard InChI is InChI=1S/C23H28ClNO2.ClH/c1-23(2)16-19-15-18(10-11-22(19)27-23)21(26)9-5-6-13-25-14-12-17-7-3-4-8-20(17)24;/h3-4,7-8,10-11,15,25H,5-6,9,12-14,16H2,1-2H3;1H. The second kappa shape index (κ2) is 10.3. The van der Waals surface area contributed by atoms with Crippen molar-refractivity contribution in [2.45, 2.75) is 51.6 Å². The van der Waals surface area contributed by atoms with E-state index in [1.54, 1.807) is 0 Å². The highest BCUT2D eigenvalue weighted by Gasteiger charge is 2.30. The molecule has 2 aromatic carbocycles. The van der Waals surface area contributed by atoms with Crippen LogP contribution in [0.1, 0.15) is 54.6 Å². The summed E-state index contributed by atoms with van der Waals surface area (Å²) in [7, 11) is 0. The van der Waals surface area contributed by atoms with Gasteiger partial charge in [0.1, 0.15) is 11.4 Å². The molecule has 3 nitrogen and oxygen atoms in total. The Hall–Kier alpha value is -1.55. The van der Waals surface area contributed by atoms with Crippen LogP contribution in [0.15, 0.2) is 42.5 Å². The van der Waals surface area contributed by atoms with Gasteiger partial charge in [0.05, 0.1) is 0 Å². The van der Waals surface area contributed by atoms with Crippen LogP contribution >= 0.6 is 24.0 Å².